The maximum atomic E-state index is 5.72. The molecule has 0 aromatic heterocycles. The molecule has 0 atom stereocenters. The number of ether oxygens (including phenoxy) is 2. The molecule has 0 radical (unpaired) electrons. The zero-order valence-electron chi connectivity index (χ0n) is 11.1. The first kappa shape index (κ1) is 14.7. The van der Waals surface area contributed by atoms with E-state index in [1.807, 2.05) is 18.2 Å². The van der Waals surface area contributed by atoms with Crippen molar-refractivity contribution in [2.75, 3.05) is 26.5 Å². The van der Waals surface area contributed by atoms with Crippen molar-refractivity contribution in [3.63, 3.8) is 0 Å². The zero-order chi connectivity index (χ0) is 13.4. The van der Waals surface area contributed by atoms with Crippen molar-refractivity contribution in [1.82, 2.24) is 0 Å². The van der Waals surface area contributed by atoms with Gasteiger partial charge in [-0.25, -0.2) is 0 Å². The molecule has 1 rings (SSSR count). The monoisotopic (exact) mass is 268 g/mol. The first-order chi connectivity index (χ1) is 8.71. The predicted octanol–water partition coefficient (Wildman–Crippen LogP) is 2.31. The highest BCUT2D eigenvalue weighted by atomic mass is 32.2. The molecule has 5 heteroatoms. The van der Waals surface area contributed by atoms with Gasteiger partial charge >= 0.3 is 0 Å². The van der Waals surface area contributed by atoms with E-state index in [1.165, 1.54) is 0 Å². The third-order valence-electron chi connectivity index (χ3n) is 2.41. The number of benzene rings is 1. The molecule has 1 aromatic rings. The Morgan fingerprint density at radius 2 is 2.00 bits per heavy atom. The quantitative estimate of drug-likeness (QED) is 0.635. The van der Waals surface area contributed by atoms with Crippen LogP contribution in [0.2, 0.25) is 0 Å². The molecule has 0 saturated heterocycles. The molecule has 4 nitrogen and oxygen atoms in total. The summed E-state index contributed by atoms with van der Waals surface area (Å²) in [6.07, 6.45) is 0.839. The third-order valence-corrected chi connectivity index (χ3v) is 3.12. The number of hydrogen-bond acceptors (Lipinski definition) is 4. The Kier molecular flexibility index (Phi) is 6.43. The van der Waals surface area contributed by atoms with Gasteiger partial charge in [0.25, 0.3) is 0 Å². The van der Waals surface area contributed by atoms with Gasteiger partial charge in [0, 0.05) is 6.54 Å². The minimum Gasteiger partial charge on any atom is -0.493 e. The fourth-order valence-corrected chi connectivity index (χ4v) is 2.00. The van der Waals surface area contributed by atoms with Gasteiger partial charge in [0.15, 0.2) is 16.7 Å². The van der Waals surface area contributed by atoms with Gasteiger partial charge in [-0.3, -0.25) is 4.99 Å². The maximum absolute atomic E-state index is 5.72. The van der Waals surface area contributed by atoms with Gasteiger partial charge in [-0.1, -0.05) is 24.8 Å². The van der Waals surface area contributed by atoms with E-state index in [1.54, 1.807) is 26.0 Å². The van der Waals surface area contributed by atoms with E-state index in [-0.39, 0.29) is 0 Å². The number of aliphatic imine (C=N–C) groups is 1. The molecule has 18 heavy (non-hydrogen) atoms. The molecule has 0 amide bonds. The second-order valence-corrected chi connectivity index (χ2v) is 4.88. The van der Waals surface area contributed by atoms with Crippen molar-refractivity contribution in [2.24, 2.45) is 10.7 Å². The molecule has 0 bridgehead atoms. The molecule has 0 unspecified atom stereocenters. The number of amidine groups is 1. The van der Waals surface area contributed by atoms with Crippen LogP contribution in [0.25, 0.3) is 0 Å². The predicted molar refractivity (Wildman–Crippen MR) is 77.9 cm³/mol. The lowest BCUT2D eigenvalue weighted by atomic mass is 10.1. The molecular formula is C13H20N2O2S. The number of nitrogens with zero attached hydrogens (tertiary/aromatic N) is 1. The van der Waals surface area contributed by atoms with Crippen LogP contribution in [0.4, 0.5) is 0 Å². The lowest BCUT2D eigenvalue weighted by Crippen LogP contribution is -2.08. The van der Waals surface area contributed by atoms with E-state index in [0.29, 0.717) is 11.7 Å². The van der Waals surface area contributed by atoms with Gasteiger partial charge in [-0.2, -0.15) is 0 Å². The second kappa shape index (κ2) is 7.87. The van der Waals surface area contributed by atoms with Crippen molar-refractivity contribution < 1.29 is 9.47 Å². The molecule has 100 valence electrons. The Labute approximate surface area is 113 Å². The number of methoxy groups -OCH3 is 2. The number of hydrogen-bond donors (Lipinski definition) is 1. The van der Waals surface area contributed by atoms with Crippen molar-refractivity contribution in [1.29, 1.82) is 0 Å². The summed E-state index contributed by atoms with van der Waals surface area (Å²) in [4.78, 5) is 4.29. The van der Waals surface area contributed by atoms with Gasteiger partial charge in [0.1, 0.15) is 0 Å². The molecule has 2 N–H and O–H groups in total. The van der Waals surface area contributed by atoms with Gasteiger partial charge < -0.3 is 15.2 Å². The van der Waals surface area contributed by atoms with Crippen molar-refractivity contribution in [3.8, 4) is 11.5 Å². The van der Waals surface area contributed by atoms with E-state index < -0.39 is 0 Å². The Morgan fingerprint density at radius 1 is 1.28 bits per heavy atom. The summed E-state index contributed by atoms with van der Waals surface area (Å²) in [6, 6.07) is 5.89. The molecule has 0 spiro atoms. The Balaban J connectivity index is 2.60. The van der Waals surface area contributed by atoms with E-state index in [9.17, 15) is 0 Å². The van der Waals surface area contributed by atoms with Crippen LogP contribution < -0.4 is 15.2 Å². The summed E-state index contributed by atoms with van der Waals surface area (Å²) in [6.45, 7) is 2.75. The average molecular weight is 268 g/mol. The van der Waals surface area contributed by atoms with Crippen molar-refractivity contribution in [3.05, 3.63) is 23.8 Å². The maximum Gasteiger partial charge on any atom is 0.160 e. The van der Waals surface area contributed by atoms with Gasteiger partial charge in [-0.05, 0) is 29.9 Å². The summed E-state index contributed by atoms with van der Waals surface area (Å²) < 4.78 is 10.4. The van der Waals surface area contributed by atoms with Crippen LogP contribution >= 0.6 is 11.8 Å². The SMILES string of the molecule is CCSC(N)=NCCc1ccc(OC)c(OC)c1. The highest BCUT2D eigenvalue weighted by molar-refractivity contribution is 8.13. The van der Waals surface area contributed by atoms with E-state index in [4.69, 9.17) is 15.2 Å². The van der Waals surface area contributed by atoms with Crippen molar-refractivity contribution in [2.45, 2.75) is 13.3 Å². The molecular weight excluding hydrogens is 248 g/mol. The molecule has 0 aliphatic carbocycles. The molecule has 1 aromatic carbocycles. The van der Waals surface area contributed by atoms with Crippen LogP contribution in [0.5, 0.6) is 11.5 Å². The van der Waals surface area contributed by atoms with Gasteiger partial charge in [0.05, 0.1) is 14.2 Å². The van der Waals surface area contributed by atoms with Crippen molar-refractivity contribution >= 4 is 16.9 Å². The molecule has 0 heterocycles. The highest BCUT2D eigenvalue weighted by Gasteiger charge is 2.04. The smallest absolute Gasteiger partial charge is 0.160 e. The summed E-state index contributed by atoms with van der Waals surface area (Å²) in [7, 11) is 3.26. The third kappa shape index (κ3) is 4.49. The minimum absolute atomic E-state index is 0.651. The van der Waals surface area contributed by atoms with Crippen LogP contribution in [0.1, 0.15) is 12.5 Å². The van der Waals surface area contributed by atoms with Crippen LogP contribution in [-0.4, -0.2) is 31.7 Å². The van der Waals surface area contributed by atoms with Crippen LogP contribution in [0, 0.1) is 0 Å². The standard InChI is InChI=1S/C13H20N2O2S/c1-4-18-13(14)15-8-7-10-5-6-11(16-2)12(9-10)17-3/h5-6,9H,4,7-8H2,1-3H3,(H2,14,15). The van der Waals surface area contributed by atoms with Crippen LogP contribution in [0.3, 0.4) is 0 Å². The summed E-state index contributed by atoms with van der Waals surface area (Å²) in [5.74, 6) is 2.44. The first-order valence-corrected chi connectivity index (χ1v) is 6.83. The zero-order valence-corrected chi connectivity index (χ0v) is 11.9. The number of thioether (sulfide) groups is 1. The first-order valence-electron chi connectivity index (χ1n) is 5.84. The molecule has 0 aliphatic rings. The minimum atomic E-state index is 0.651. The lowest BCUT2D eigenvalue weighted by Gasteiger charge is -2.08. The highest BCUT2D eigenvalue weighted by Crippen LogP contribution is 2.27. The second-order valence-electron chi connectivity index (χ2n) is 3.59. The van der Waals surface area contributed by atoms with Gasteiger partial charge in [-0.15, -0.1) is 0 Å². The Bertz CT molecular complexity index is 408. The van der Waals surface area contributed by atoms with Crippen LogP contribution in [0.15, 0.2) is 23.2 Å². The van der Waals surface area contributed by atoms with E-state index in [0.717, 1.165) is 29.2 Å². The van der Waals surface area contributed by atoms with E-state index in [2.05, 4.69) is 11.9 Å². The largest absolute Gasteiger partial charge is 0.493 e. The summed E-state index contributed by atoms with van der Waals surface area (Å²) in [5, 5.41) is 0.651. The number of nitrogens with two attached hydrogens (primary N) is 1. The fraction of sp³-hybridized carbons (Fsp3) is 0.462. The molecule has 0 aliphatic heterocycles. The number of rotatable bonds is 6. The average Bonchev–Trinajstić information content (AvgIpc) is 2.38. The summed E-state index contributed by atoms with van der Waals surface area (Å²) >= 11 is 1.56. The summed E-state index contributed by atoms with van der Waals surface area (Å²) in [5.41, 5.74) is 6.88. The lowest BCUT2D eigenvalue weighted by molar-refractivity contribution is 0.354. The fourth-order valence-electron chi connectivity index (χ4n) is 1.52. The van der Waals surface area contributed by atoms with E-state index >= 15 is 0 Å². The Hall–Kier alpha value is -1.36. The van der Waals surface area contributed by atoms with Crippen LogP contribution in [-0.2, 0) is 6.42 Å². The normalized spacial score (nSPS) is 11.4. The Morgan fingerprint density at radius 3 is 2.61 bits per heavy atom. The topological polar surface area (TPSA) is 56.8 Å². The van der Waals surface area contributed by atoms with Gasteiger partial charge in [0.2, 0.25) is 0 Å². The molecule has 0 saturated carbocycles. The molecule has 0 fully saturated rings.